The normalized spacial score (nSPS) is 18.8. The maximum Gasteiger partial charge on any atom is 0.248 e. The molecular weight excluding hydrogens is 462 g/mol. The molecule has 2 heterocycles. The first kappa shape index (κ1) is 27.5. The molecule has 2 aromatic heterocycles. The van der Waals surface area contributed by atoms with Gasteiger partial charge in [-0.2, -0.15) is 5.10 Å². The molecule has 1 aliphatic carbocycles. The van der Waals surface area contributed by atoms with E-state index < -0.39 is 14.2 Å². The maximum absolute atomic E-state index is 13.7. The van der Waals surface area contributed by atoms with Crippen LogP contribution in [0.1, 0.15) is 77.2 Å². The van der Waals surface area contributed by atoms with Crippen LogP contribution in [-0.4, -0.2) is 35.0 Å². The van der Waals surface area contributed by atoms with Gasteiger partial charge in [-0.15, -0.1) is 6.58 Å². The molecule has 1 N–H and O–H groups in total. The number of aryl methyl sites for hydroxylation is 1. The number of anilines is 1. The third-order valence-electron chi connectivity index (χ3n) is 7.46. The number of nitrogens with zero attached hydrogens (tertiary/aromatic N) is 3. The van der Waals surface area contributed by atoms with Crippen molar-refractivity contribution in [3.63, 3.8) is 0 Å². The zero-order valence-electron chi connectivity index (χ0n) is 22.4. The highest BCUT2D eigenvalue weighted by atomic mass is 28.4. The molecule has 0 spiro atoms. The first-order chi connectivity index (χ1) is 16.2. The van der Waals surface area contributed by atoms with Gasteiger partial charge in [0.2, 0.25) is 5.92 Å². The van der Waals surface area contributed by atoms with Gasteiger partial charge in [0.15, 0.2) is 14.1 Å². The number of alkyl halides is 2. The standard InChI is InChI=1S/C27H42F2N4OSi/c1-9-19(2)16-23(34-35(7,8)26(4,5)6)21-17-24(30-22-10-13-27(28,29)14-11-22)31-25(18-21)33-15-12-20(3)32-33/h9,12,15,17-19,22-23H,1,10-11,13-14,16H2,2-8H3,(H,30,31). The number of hydrogen-bond donors (Lipinski definition) is 1. The van der Waals surface area contributed by atoms with Crippen LogP contribution < -0.4 is 5.32 Å². The van der Waals surface area contributed by atoms with E-state index in [1.807, 2.05) is 37.4 Å². The molecule has 0 aliphatic heterocycles. The van der Waals surface area contributed by atoms with E-state index >= 15 is 0 Å². The molecule has 3 rings (SSSR count). The third kappa shape index (κ3) is 7.23. The topological polar surface area (TPSA) is 52.0 Å². The second kappa shape index (κ2) is 10.5. The number of aromatic nitrogens is 3. The molecule has 0 radical (unpaired) electrons. The Morgan fingerprint density at radius 1 is 1.29 bits per heavy atom. The van der Waals surface area contributed by atoms with Crippen LogP contribution in [0.3, 0.4) is 0 Å². The maximum atomic E-state index is 13.7. The molecule has 1 aliphatic rings. The van der Waals surface area contributed by atoms with Crippen molar-refractivity contribution >= 4 is 14.1 Å². The van der Waals surface area contributed by atoms with Gasteiger partial charge in [0.05, 0.1) is 11.8 Å². The van der Waals surface area contributed by atoms with Gasteiger partial charge in [0, 0.05) is 25.1 Å². The Labute approximate surface area is 210 Å². The SMILES string of the molecule is C=CC(C)CC(O[Si](C)(C)C(C)(C)C)c1cc(NC2CCC(F)(F)CC2)nc(-n2ccc(C)n2)c1. The van der Waals surface area contributed by atoms with Crippen LogP contribution in [-0.2, 0) is 4.43 Å². The summed E-state index contributed by atoms with van der Waals surface area (Å²) in [5.74, 6) is -0.927. The summed E-state index contributed by atoms with van der Waals surface area (Å²) in [5, 5.41) is 8.06. The highest BCUT2D eigenvalue weighted by Gasteiger charge is 2.40. The van der Waals surface area contributed by atoms with E-state index in [0.29, 0.717) is 24.5 Å². The highest BCUT2D eigenvalue weighted by molar-refractivity contribution is 6.74. The first-order valence-electron chi connectivity index (χ1n) is 12.7. The van der Waals surface area contributed by atoms with Crippen molar-refractivity contribution in [1.29, 1.82) is 0 Å². The summed E-state index contributed by atoms with van der Waals surface area (Å²) in [6.45, 7) is 19.3. The molecule has 2 aromatic rings. The summed E-state index contributed by atoms with van der Waals surface area (Å²) >= 11 is 0. The molecule has 2 atom stereocenters. The zero-order chi connectivity index (χ0) is 26.0. The van der Waals surface area contributed by atoms with Crippen molar-refractivity contribution in [3.05, 3.63) is 48.3 Å². The van der Waals surface area contributed by atoms with Crippen LogP contribution >= 0.6 is 0 Å². The van der Waals surface area contributed by atoms with Crippen molar-refractivity contribution in [2.45, 2.75) is 103 Å². The van der Waals surface area contributed by atoms with Crippen molar-refractivity contribution in [2.75, 3.05) is 5.32 Å². The average Bonchev–Trinajstić information content (AvgIpc) is 3.20. The van der Waals surface area contributed by atoms with Crippen LogP contribution in [0.15, 0.2) is 37.1 Å². The fourth-order valence-electron chi connectivity index (χ4n) is 4.07. The molecule has 0 bridgehead atoms. The highest BCUT2D eigenvalue weighted by Crippen LogP contribution is 2.42. The molecule has 1 saturated carbocycles. The number of allylic oxidation sites excluding steroid dienone is 1. The van der Waals surface area contributed by atoms with Gasteiger partial charge in [-0.1, -0.05) is 33.8 Å². The van der Waals surface area contributed by atoms with Crippen LogP contribution in [0.4, 0.5) is 14.6 Å². The fraction of sp³-hybridized carbons (Fsp3) is 0.630. The van der Waals surface area contributed by atoms with E-state index in [1.54, 1.807) is 4.68 Å². The average molecular weight is 505 g/mol. The Kier molecular flexibility index (Phi) is 8.26. The summed E-state index contributed by atoms with van der Waals surface area (Å²) < 4.78 is 36.1. The number of nitrogens with one attached hydrogen (secondary N) is 1. The fourth-order valence-corrected chi connectivity index (χ4v) is 5.37. The van der Waals surface area contributed by atoms with Gasteiger partial charge in [-0.3, -0.25) is 0 Å². The van der Waals surface area contributed by atoms with Crippen molar-refractivity contribution in [2.24, 2.45) is 5.92 Å². The van der Waals surface area contributed by atoms with Gasteiger partial charge in [-0.05, 0) is 74.0 Å². The lowest BCUT2D eigenvalue weighted by molar-refractivity contribution is -0.0361. The van der Waals surface area contributed by atoms with Gasteiger partial charge >= 0.3 is 0 Å². The Balaban J connectivity index is 2.00. The minimum Gasteiger partial charge on any atom is -0.410 e. The summed E-state index contributed by atoms with van der Waals surface area (Å²) in [6.07, 6.45) is 5.17. The van der Waals surface area contributed by atoms with Crippen LogP contribution in [0.5, 0.6) is 0 Å². The summed E-state index contributed by atoms with van der Waals surface area (Å²) in [7, 11) is -2.08. The lowest BCUT2D eigenvalue weighted by Gasteiger charge is -2.40. The molecule has 5 nitrogen and oxygen atoms in total. The molecule has 0 aromatic carbocycles. The third-order valence-corrected chi connectivity index (χ3v) is 11.9. The summed E-state index contributed by atoms with van der Waals surface area (Å²) in [4.78, 5) is 4.81. The van der Waals surface area contributed by atoms with Gasteiger partial charge in [0.25, 0.3) is 0 Å². The number of pyridine rings is 1. The van der Waals surface area contributed by atoms with Crippen molar-refractivity contribution < 1.29 is 13.2 Å². The number of rotatable bonds is 9. The summed E-state index contributed by atoms with van der Waals surface area (Å²) in [6, 6.07) is 5.98. The van der Waals surface area contributed by atoms with Crippen LogP contribution in [0.25, 0.3) is 5.82 Å². The van der Waals surface area contributed by atoms with E-state index in [9.17, 15) is 8.78 Å². The molecule has 2 unspecified atom stereocenters. The van der Waals surface area contributed by atoms with E-state index in [0.717, 1.165) is 17.7 Å². The number of hydrogen-bond acceptors (Lipinski definition) is 4. The Morgan fingerprint density at radius 3 is 2.49 bits per heavy atom. The van der Waals surface area contributed by atoms with Gasteiger partial charge in [0.1, 0.15) is 5.82 Å². The Morgan fingerprint density at radius 2 is 1.94 bits per heavy atom. The van der Waals surface area contributed by atoms with Gasteiger partial charge < -0.3 is 9.74 Å². The lowest BCUT2D eigenvalue weighted by atomic mass is 9.92. The monoisotopic (exact) mass is 504 g/mol. The largest absolute Gasteiger partial charge is 0.410 e. The molecule has 0 saturated heterocycles. The molecule has 194 valence electrons. The molecule has 35 heavy (non-hydrogen) atoms. The van der Waals surface area contributed by atoms with Crippen molar-refractivity contribution in [3.8, 4) is 5.82 Å². The summed E-state index contributed by atoms with van der Waals surface area (Å²) in [5.41, 5.74) is 1.92. The minimum absolute atomic E-state index is 0.0311. The van der Waals surface area contributed by atoms with Gasteiger partial charge in [-0.25, -0.2) is 18.4 Å². The van der Waals surface area contributed by atoms with E-state index in [-0.39, 0.29) is 35.9 Å². The smallest absolute Gasteiger partial charge is 0.248 e. The van der Waals surface area contributed by atoms with E-state index in [4.69, 9.17) is 9.41 Å². The molecule has 8 heteroatoms. The second-order valence-corrected chi connectivity index (χ2v) is 16.4. The first-order valence-corrected chi connectivity index (χ1v) is 15.6. The second-order valence-electron chi connectivity index (χ2n) is 11.6. The lowest BCUT2D eigenvalue weighted by Crippen LogP contribution is -2.42. The number of halogens is 2. The Hall–Kier alpha value is -2.06. The predicted octanol–water partition coefficient (Wildman–Crippen LogP) is 7.84. The molecule has 0 amide bonds. The minimum atomic E-state index is -2.56. The Bertz CT molecular complexity index is 1000. The van der Waals surface area contributed by atoms with Crippen LogP contribution in [0.2, 0.25) is 18.1 Å². The predicted molar refractivity (Wildman–Crippen MR) is 142 cm³/mol. The molecular formula is C27H42F2N4OSi. The zero-order valence-corrected chi connectivity index (χ0v) is 23.4. The van der Waals surface area contributed by atoms with Crippen LogP contribution in [0, 0.1) is 12.8 Å². The van der Waals surface area contributed by atoms with E-state index in [2.05, 4.69) is 57.8 Å². The quantitative estimate of drug-likeness (QED) is 0.279. The van der Waals surface area contributed by atoms with E-state index in [1.165, 1.54) is 0 Å². The molecule has 1 fully saturated rings. The van der Waals surface area contributed by atoms with Crippen molar-refractivity contribution in [1.82, 2.24) is 14.8 Å².